The highest BCUT2D eigenvalue weighted by Gasteiger charge is 2.33. The van der Waals surface area contributed by atoms with Crippen molar-refractivity contribution in [2.75, 3.05) is 24.8 Å². The SMILES string of the molecule is CC1(C)CC(c2ccc3nccc(C(=O)NCC(=O)N4CSC[C@H]4C#N)c3c2)CO1. The fourth-order valence-electron chi connectivity index (χ4n) is 4.02. The first-order chi connectivity index (χ1) is 14.4. The van der Waals surface area contributed by atoms with Gasteiger partial charge in [-0.25, -0.2) is 0 Å². The fourth-order valence-corrected chi connectivity index (χ4v) is 5.12. The van der Waals surface area contributed by atoms with Gasteiger partial charge in [0.15, 0.2) is 0 Å². The van der Waals surface area contributed by atoms with Crippen LogP contribution in [-0.2, 0) is 9.53 Å². The average Bonchev–Trinajstić information content (AvgIpc) is 3.36. The van der Waals surface area contributed by atoms with Crippen LogP contribution >= 0.6 is 11.8 Å². The summed E-state index contributed by atoms with van der Waals surface area (Å²) in [5.74, 6) is 0.794. The number of rotatable bonds is 4. The summed E-state index contributed by atoms with van der Waals surface area (Å²) in [5.41, 5.74) is 2.19. The summed E-state index contributed by atoms with van der Waals surface area (Å²) in [6, 6.07) is 9.36. The highest BCUT2D eigenvalue weighted by Crippen LogP contribution is 2.37. The molecule has 2 aliphatic heterocycles. The third-order valence-corrected chi connectivity index (χ3v) is 6.66. The molecule has 8 heteroatoms. The van der Waals surface area contributed by atoms with E-state index in [1.807, 2.05) is 18.2 Å². The normalized spacial score (nSPS) is 22.8. The van der Waals surface area contributed by atoms with E-state index in [9.17, 15) is 9.59 Å². The number of nitrogens with zero attached hydrogens (tertiary/aromatic N) is 3. The van der Waals surface area contributed by atoms with Crippen molar-refractivity contribution >= 4 is 34.5 Å². The number of fused-ring (bicyclic) bond motifs is 1. The third kappa shape index (κ3) is 4.13. The van der Waals surface area contributed by atoms with Crippen molar-refractivity contribution in [3.8, 4) is 6.07 Å². The molecule has 1 aromatic heterocycles. The lowest BCUT2D eigenvalue weighted by molar-refractivity contribution is -0.129. The van der Waals surface area contributed by atoms with Crippen molar-refractivity contribution in [2.45, 2.75) is 37.8 Å². The van der Waals surface area contributed by atoms with E-state index in [2.05, 4.69) is 30.2 Å². The molecule has 0 bridgehead atoms. The maximum atomic E-state index is 12.9. The predicted molar refractivity (Wildman–Crippen MR) is 115 cm³/mol. The highest BCUT2D eigenvalue weighted by atomic mass is 32.2. The first-order valence-corrected chi connectivity index (χ1v) is 11.1. The van der Waals surface area contributed by atoms with Gasteiger partial charge in [-0.15, -0.1) is 11.8 Å². The van der Waals surface area contributed by atoms with Crippen LogP contribution in [0.15, 0.2) is 30.5 Å². The average molecular weight is 425 g/mol. The van der Waals surface area contributed by atoms with Gasteiger partial charge in [-0.1, -0.05) is 6.07 Å². The van der Waals surface area contributed by atoms with Gasteiger partial charge in [0.05, 0.1) is 41.8 Å². The van der Waals surface area contributed by atoms with Gasteiger partial charge < -0.3 is 15.0 Å². The Bertz CT molecular complexity index is 1030. The number of nitriles is 1. The van der Waals surface area contributed by atoms with Crippen LogP contribution in [0.2, 0.25) is 0 Å². The van der Waals surface area contributed by atoms with Crippen LogP contribution in [0, 0.1) is 11.3 Å². The molecule has 2 aromatic rings. The van der Waals surface area contributed by atoms with E-state index < -0.39 is 6.04 Å². The molecule has 2 amide bonds. The Labute approximate surface area is 179 Å². The molecule has 2 atom stereocenters. The first-order valence-electron chi connectivity index (χ1n) is 9.95. The summed E-state index contributed by atoms with van der Waals surface area (Å²) in [6.07, 6.45) is 2.52. The number of pyridine rings is 1. The van der Waals surface area contributed by atoms with Crippen molar-refractivity contribution in [2.24, 2.45) is 0 Å². The van der Waals surface area contributed by atoms with Gasteiger partial charge in [-0.05, 0) is 44.0 Å². The van der Waals surface area contributed by atoms with E-state index in [0.29, 0.717) is 23.8 Å². The molecule has 0 radical (unpaired) electrons. The Morgan fingerprint density at radius 1 is 1.40 bits per heavy atom. The van der Waals surface area contributed by atoms with Gasteiger partial charge in [0.2, 0.25) is 5.91 Å². The lowest BCUT2D eigenvalue weighted by Crippen LogP contribution is -2.42. The van der Waals surface area contributed by atoms with Crippen molar-refractivity contribution in [1.29, 1.82) is 5.26 Å². The van der Waals surface area contributed by atoms with Gasteiger partial charge in [-0.2, -0.15) is 5.26 Å². The molecule has 156 valence electrons. The Balaban J connectivity index is 1.51. The minimum Gasteiger partial charge on any atom is -0.375 e. The summed E-state index contributed by atoms with van der Waals surface area (Å²) in [7, 11) is 0. The number of benzene rings is 1. The van der Waals surface area contributed by atoms with E-state index in [4.69, 9.17) is 10.00 Å². The summed E-state index contributed by atoms with van der Waals surface area (Å²) in [4.78, 5) is 31.2. The van der Waals surface area contributed by atoms with Gasteiger partial charge in [0.25, 0.3) is 5.91 Å². The van der Waals surface area contributed by atoms with E-state index in [1.54, 1.807) is 24.0 Å². The molecule has 2 fully saturated rings. The molecule has 4 rings (SSSR count). The van der Waals surface area contributed by atoms with Crippen LogP contribution in [0.5, 0.6) is 0 Å². The minimum absolute atomic E-state index is 0.133. The van der Waals surface area contributed by atoms with E-state index in [1.165, 1.54) is 4.90 Å². The monoisotopic (exact) mass is 424 g/mol. The zero-order valence-corrected chi connectivity index (χ0v) is 17.9. The number of nitrogens with one attached hydrogen (secondary N) is 1. The number of hydrogen-bond donors (Lipinski definition) is 1. The molecular weight excluding hydrogens is 400 g/mol. The maximum absolute atomic E-state index is 12.9. The number of carbonyl (C=O) groups excluding carboxylic acids is 2. The number of aromatic nitrogens is 1. The van der Waals surface area contributed by atoms with Crippen LogP contribution in [-0.4, -0.2) is 58.1 Å². The Morgan fingerprint density at radius 3 is 2.97 bits per heavy atom. The summed E-state index contributed by atoms with van der Waals surface area (Å²) in [6.45, 7) is 4.69. The number of amides is 2. The molecule has 0 saturated carbocycles. The van der Waals surface area contributed by atoms with E-state index in [-0.39, 0.29) is 29.9 Å². The summed E-state index contributed by atoms with van der Waals surface area (Å²) in [5, 5.41) is 12.6. The van der Waals surface area contributed by atoms with Gasteiger partial charge >= 0.3 is 0 Å². The second-order valence-corrected chi connectivity index (χ2v) is 9.30. The van der Waals surface area contributed by atoms with Crippen molar-refractivity contribution in [1.82, 2.24) is 15.2 Å². The Morgan fingerprint density at radius 2 is 2.23 bits per heavy atom. The zero-order chi connectivity index (χ0) is 21.3. The van der Waals surface area contributed by atoms with Crippen LogP contribution in [0.1, 0.15) is 42.1 Å². The first kappa shape index (κ1) is 20.6. The highest BCUT2D eigenvalue weighted by molar-refractivity contribution is 7.99. The van der Waals surface area contributed by atoms with Gasteiger partial charge in [-0.3, -0.25) is 14.6 Å². The molecule has 3 heterocycles. The predicted octanol–water partition coefficient (Wildman–Crippen LogP) is 2.67. The van der Waals surface area contributed by atoms with Crippen LogP contribution in [0.4, 0.5) is 0 Å². The van der Waals surface area contributed by atoms with Crippen molar-refractivity contribution < 1.29 is 14.3 Å². The number of carbonyl (C=O) groups is 2. The quantitative estimate of drug-likeness (QED) is 0.811. The molecule has 0 spiro atoms. The van der Waals surface area contributed by atoms with Gasteiger partial charge in [0.1, 0.15) is 6.04 Å². The minimum atomic E-state index is -0.429. The molecule has 1 unspecified atom stereocenters. The standard InChI is InChI=1S/C22H24N4O3S/c1-22(2)8-15(11-29-22)14-3-4-19-18(7-14)17(5-6-24-19)21(28)25-10-20(27)26-13-30-12-16(26)9-23/h3-7,15-16H,8,10-13H2,1-2H3,(H,25,28)/t15?,16-/m1/s1. The molecule has 7 nitrogen and oxygen atoms in total. The second kappa shape index (κ2) is 8.25. The smallest absolute Gasteiger partial charge is 0.252 e. The lowest BCUT2D eigenvalue weighted by atomic mass is 9.90. The molecule has 2 saturated heterocycles. The number of ether oxygens (including phenoxy) is 1. The van der Waals surface area contributed by atoms with E-state index >= 15 is 0 Å². The fraction of sp³-hybridized carbons (Fsp3) is 0.455. The Hall–Kier alpha value is -2.63. The maximum Gasteiger partial charge on any atom is 0.252 e. The van der Waals surface area contributed by atoms with Crippen LogP contribution < -0.4 is 5.32 Å². The summed E-state index contributed by atoms with van der Waals surface area (Å²) >= 11 is 1.54. The van der Waals surface area contributed by atoms with Crippen molar-refractivity contribution in [3.05, 3.63) is 41.6 Å². The topological polar surface area (TPSA) is 95.3 Å². The molecule has 1 N–H and O–H groups in total. The van der Waals surface area contributed by atoms with Gasteiger partial charge in [0, 0.05) is 23.3 Å². The zero-order valence-electron chi connectivity index (χ0n) is 17.1. The second-order valence-electron chi connectivity index (χ2n) is 8.30. The lowest BCUT2D eigenvalue weighted by Gasteiger charge is -2.19. The molecule has 0 aliphatic carbocycles. The van der Waals surface area contributed by atoms with Crippen LogP contribution in [0.3, 0.4) is 0 Å². The number of thioether (sulfide) groups is 1. The largest absolute Gasteiger partial charge is 0.375 e. The summed E-state index contributed by atoms with van der Waals surface area (Å²) < 4.78 is 5.87. The Kier molecular flexibility index (Phi) is 5.67. The molecule has 1 aromatic carbocycles. The van der Waals surface area contributed by atoms with E-state index in [0.717, 1.165) is 22.9 Å². The molecule has 2 aliphatic rings. The van der Waals surface area contributed by atoms with Crippen molar-refractivity contribution in [3.63, 3.8) is 0 Å². The molecule has 30 heavy (non-hydrogen) atoms. The number of hydrogen-bond acceptors (Lipinski definition) is 6. The molecular formula is C22H24N4O3S. The third-order valence-electron chi connectivity index (χ3n) is 5.65. The van der Waals surface area contributed by atoms with Crippen LogP contribution in [0.25, 0.3) is 10.9 Å².